The molecule has 0 bridgehead atoms. The lowest BCUT2D eigenvalue weighted by Crippen LogP contribution is -2.42. The van der Waals surface area contributed by atoms with E-state index in [0.29, 0.717) is 12.1 Å². The van der Waals surface area contributed by atoms with Crippen molar-refractivity contribution >= 4 is 5.91 Å². The number of para-hydroxylation sites is 1. The second-order valence-electron chi connectivity index (χ2n) is 4.67. The quantitative estimate of drug-likeness (QED) is 0.723. The fraction of sp³-hybridized carbons (Fsp3) is 0.462. The summed E-state index contributed by atoms with van der Waals surface area (Å²) in [6.07, 6.45) is 4.47. The summed E-state index contributed by atoms with van der Waals surface area (Å²) in [5.41, 5.74) is 0.508. The van der Waals surface area contributed by atoms with Crippen LogP contribution in [0.25, 0.3) is 0 Å². The summed E-state index contributed by atoms with van der Waals surface area (Å²) in [7, 11) is 0. The van der Waals surface area contributed by atoms with Crippen molar-refractivity contribution < 1.29 is 9.53 Å². The summed E-state index contributed by atoms with van der Waals surface area (Å²) < 4.78 is 6.09. The lowest BCUT2D eigenvalue weighted by atomic mass is 10.0. The maximum Gasteiger partial charge on any atom is 0.255 e. The van der Waals surface area contributed by atoms with Gasteiger partial charge in [-0.25, -0.2) is 0 Å². The Morgan fingerprint density at radius 1 is 1.19 bits per heavy atom. The molecular formula is C13H15NO2. The van der Waals surface area contributed by atoms with E-state index in [9.17, 15) is 4.79 Å². The van der Waals surface area contributed by atoms with Gasteiger partial charge in [-0.3, -0.25) is 4.79 Å². The van der Waals surface area contributed by atoms with Crippen LogP contribution in [0.15, 0.2) is 24.3 Å². The summed E-state index contributed by atoms with van der Waals surface area (Å²) in [6, 6.07) is 7.49. The topological polar surface area (TPSA) is 38.3 Å². The van der Waals surface area contributed by atoms with Crippen LogP contribution in [-0.2, 0) is 0 Å². The van der Waals surface area contributed by atoms with E-state index in [1.54, 1.807) is 0 Å². The van der Waals surface area contributed by atoms with Crippen LogP contribution in [-0.4, -0.2) is 18.1 Å². The summed E-state index contributed by atoms with van der Waals surface area (Å²) in [5.74, 6) is 0.721. The van der Waals surface area contributed by atoms with E-state index in [2.05, 4.69) is 5.32 Å². The van der Waals surface area contributed by atoms with Crippen LogP contribution in [0.2, 0.25) is 0 Å². The van der Waals surface area contributed by atoms with Crippen LogP contribution in [0.4, 0.5) is 0 Å². The predicted octanol–water partition coefficient (Wildman–Crippen LogP) is 2.12. The van der Waals surface area contributed by atoms with Crippen LogP contribution >= 0.6 is 0 Å². The zero-order chi connectivity index (χ0) is 11.0. The third-order valence-corrected chi connectivity index (χ3v) is 3.54. The number of carbonyl (C=O) groups excluding carboxylic acids is 1. The number of amides is 1. The molecule has 1 N–H and O–H groups in total. The monoisotopic (exact) mass is 217 g/mol. The van der Waals surface area contributed by atoms with E-state index in [4.69, 9.17) is 4.74 Å². The van der Waals surface area contributed by atoms with Gasteiger partial charge in [0, 0.05) is 0 Å². The van der Waals surface area contributed by atoms with E-state index in [-0.39, 0.29) is 11.5 Å². The minimum Gasteiger partial charge on any atom is -0.485 e. The molecule has 3 nitrogen and oxygen atoms in total. The number of hydrogen-bond donors (Lipinski definition) is 1. The van der Waals surface area contributed by atoms with Gasteiger partial charge < -0.3 is 10.1 Å². The molecule has 1 saturated carbocycles. The fourth-order valence-corrected chi connectivity index (χ4v) is 2.65. The normalized spacial score (nSPS) is 22.1. The van der Waals surface area contributed by atoms with Gasteiger partial charge in [0.25, 0.3) is 5.91 Å². The lowest BCUT2D eigenvalue weighted by Gasteiger charge is -2.28. The molecule has 2 aliphatic rings. The SMILES string of the molecule is O=C1NCC2(CCCC2)Oc2ccccc21. The fourth-order valence-electron chi connectivity index (χ4n) is 2.65. The molecule has 0 unspecified atom stereocenters. The highest BCUT2D eigenvalue weighted by molar-refractivity contribution is 5.97. The predicted molar refractivity (Wildman–Crippen MR) is 60.6 cm³/mol. The van der Waals surface area contributed by atoms with Crippen molar-refractivity contribution in [3.8, 4) is 5.75 Å². The molecule has 1 heterocycles. The average Bonchev–Trinajstić information content (AvgIpc) is 2.70. The maximum atomic E-state index is 11.9. The van der Waals surface area contributed by atoms with Crippen molar-refractivity contribution in [3.63, 3.8) is 0 Å². The number of carbonyl (C=O) groups is 1. The smallest absolute Gasteiger partial charge is 0.255 e. The average molecular weight is 217 g/mol. The molecule has 1 fully saturated rings. The Hall–Kier alpha value is -1.51. The maximum absolute atomic E-state index is 11.9. The number of rotatable bonds is 0. The standard InChI is InChI=1S/C13H15NO2/c15-12-10-5-1-2-6-11(10)16-13(9-14-12)7-3-4-8-13/h1-2,5-6H,3-4,7-9H2,(H,14,15). The third-order valence-electron chi connectivity index (χ3n) is 3.54. The van der Waals surface area contributed by atoms with Crippen LogP contribution < -0.4 is 10.1 Å². The molecule has 0 radical (unpaired) electrons. The summed E-state index contributed by atoms with van der Waals surface area (Å²) in [6.45, 7) is 0.639. The number of nitrogens with one attached hydrogen (secondary N) is 1. The molecule has 1 aromatic rings. The van der Waals surface area contributed by atoms with Crippen LogP contribution in [0.5, 0.6) is 5.75 Å². The van der Waals surface area contributed by atoms with Gasteiger partial charge in [0.2, 0.25) is 0 Å². The molecular weight excluding hydrogens is 202 g/mol. The Bertz CT molecular complexity index is 422. The Labute approximate surface area is 94.8 Å². The second kappa shape index (κ2) is 3.51. The van der Waals surface area contributed by atoms with E-state index in [1.165, 1.54) is 12.8 Å². The van der Waals surface area contributed by atoms with Crippen molar-refractivity contribution in [1.29, 1.82) is 0 Å². The van der Waals surface area contributed by atoms with Gasteiger partial charge in [-0.1, -0.05) is 12.1 Å². The van der Waals surface area contributed by atoms with E-state index < -0.39 is 0 Å². The Balaban J connectivity index is 2.01. The van der Waals surface area contributed by atoms with Crippen molar-refractivity contribution in [2.45, 2.75) is 31.3 Å². The van der Waals surface area contributed by atoms with E-state index in [1.807, 2.05) is 24.3 Å². The first kappa shape index (κ1) is 9.70. The molecule has 1 amide bonds. The molecule has 3 rings (SSSR count). The summed E-state index contributed by atoms with van der Waals surface area (Å²) in [4.78, 5) is 11.9. The highest BCUT2D eigenvalue weighted by Gasteiger charge is 2.39. The van der Waals surface area contributed by atoms with Crippen LogP contribution in [0.1, 0.15) is 36.0 Å². The largest absolute Gasteiger partial charge is 0.485 e. The number of hydrogen-bond acceptors (Lipinski definition) is 2. The first-order valence-corrected chi connectivity index (χ1v) is 5.85. The van der Waals surface area contributed by atoms with Crippen molar-refractivity contribution in [1.82, 2.24) is 5.32 Å². The minimum atomic E-state index is -0.151. The molecule has 0 atom stereocenters. The first-order chi connectivity index (χ1) is 7.79. The Morgan fingerprint density at radius 2 is 1.94 bits per heavy atom. The number of fused-ring (bicyclic) bond motifs is 1. The van der Waals surface area contributed by atoms with Crippen LogP contribution in [0, 0.1) is 0 Å². The Kier molecular flexibility index (Phi) is 2.13. The molecule has 1 aliphatic carbocycles. The molecule has 0 saturated heterocycles. The molecule has 3 heteroatoms. The highest BCUT2D eigenvalue weighted by atomic mass is 16.5. The second-order valence-corrected chi connectivity index (χ2v) is 4.67. The van der Waals surface area contributed by atoms with Crippen LogP contribution in [0.3, 0.4) is 0 Å². The van der Waals surface area contributed by atoms with Gasteiger partial charge in [-0.2, -0.15) is 0 Å². The van der Waals surface area contributed by atoms with Gasteiger partial charge in [0.1, 0.15) is 11.4 Å². The lowest BCUT2D eigenvalue weighted by molar-refractivity contribution is 0.0765. The number of ether oxygens (including phenoxy) is 1. The molecule has 1 aliphatic heterocycles. The zero-order valence-electron chi connectivity index (χ0n) is 9.16. The molecule has 0 aromatic heterocycles. The summed E-state index contributed by atoms with van der Waals surface area (Å²) >= 11 is 0. The Morgan fingerprint density at radius 3 is 2.75 bits per heavy atom. The molecule has 1 aromatic carbocycles. The van der Waals surface area contributed by atoms with Crippen molar-refractivity contribution in [2.24, 2.45) is 0 Å². The molecule has 1 spiro atoms. The van der Waals surface area contributed by atoms with E-state index >= 15 is 0 Å². The minimum absolute atomic E-state index is 0.0145. The van der Waals surface area contributed by atoms with Crippen molar-refractivity contribution in [3.05, 3.63) is 29.8 Å². The van der Waals surface area contributed by atoms with Gasteiger partial charge in [0.05, 0.1) is 12.1 Å². The molecule has 16 heavy (non-hydrogen) atoms. The first-order valence-electron chi connectivity index (χ1n) is 5.85. The van der Waals surface area contributed by atoms with Gasteiger partial charge in [0.15, 0.2) is 0 Å². The van der Waals surface area contributed by atoms with Gasteiger partial charge in [-0.05, 0) is 37.8 Å². The summed E-state index contributed by atoms with van der Waals surface area (Å²) in [5, 5.41) is 2.97. The zero-order valence-corrected chi connectivity index (χ0v) is 9.16. The van der Waals surface area contributed by atoms with Gasteiger partial charge in [-0.15, -0.1) is 0 Å². The van der Waals surface area contributed by atoms with Crippen molar-refractivity contribution in [2.75, 3.05) is 6.54 Å². The third kappa shape index (κ3) is 1.47. The highest BCUT2D eigenvalue weighted by Crippen LogP contribution is 2.36. The molecule has 84 valence electrons. The van der Waals surface area contributed by atoms with Gasteiger partial charge >= 0.3 is 0 Å². The van der Waals surface area contributed by atoms with E-state index in [0.717, 1.165) is 18.6 Å². The number of benzene rings is 1.